The van der Waals surface area contributed by atoms with Crippen LogP contribution in [0.15, 0.2) is 24.3 Å². The average Bonchev–Trinajstić information content (AvgIpc) is 2.26. The zero-order valence-electron chi connectivity index (χ0n) is 8.68. The molecule has 0 amide bonds. The fourth-order valence-corrected chi connectivity index (χ4v) is 1.87. The van der Waals surface area contributed by atoms with Gasteiger partial charge in [-0.1, -0.05) is 36.2 Å². The maximum atomic E-state index is 10.5. The fourth-order valence-electron chi connectivity index (χ4n) is 1.12. The van der Waals surface area contributed by atoms with Gasteiger partial charge in [0.25, 0.3) is 0 Å². The predicted molar refractivity (Wildman–Crippen MR) is 61.5 cm³/mol. The first-order chi connectivity index (χ1) is 7.17. The smallest absolute Gasteiger partial charge is 0.150 e. The van der Waals surface area contributed by atoms with Crippen LogP contribution in [0, 0.1) is 11.3 Å². The molecule has 0 saturated heterocycles. The molecule has 0 spiro atoms. The summed E-state index contributed by atoms with van der Waals surface area (Å²) >= 11 is 1.45. The summed E-state index contributed by atoms with van der Waals surface area (Å²) in [7, 11) is 3.80. The minimum Gasteiger partial charge on any atom is -0.298 e. The number of hydrogen-bond acceptors (Lipinski definition) is 4. The molecule has 0 aliphatic rings. The van der Waals surface area contributed by atoms with Crippen molar-refractivity contribution >= 4 is 18.2 Å². The van der Waals surface area contributed by atoms with Gasteiger partial charge in [-0.05, 0) is 19.7 Å². The fraction of sp³-hybridized carbons (Fsp3) is 0.273. The Morgan fingerprint density at radius 3 is 2.40 bits per heavy atom. The molecular weight excluding hydrogens is 208 g/mol. The Bertz CT molecular complexity index is 367. The molecule has 0 aliphatic heterocycles. The van der Waals surface area contributed by atoms with Crippen LogP contribution < -0.4 is 0 Å². The third kappa shape index (κ3) is 3.39. The second-order valence-electron chi connectivity index (χ2n) is 3.21. The van der Waals surface area contributed by atoms with Gasteiger partial charge in [0, 0.05) is 5.56 Å². The van der Waals surface area contributed by atoms with E-state index in [0.29, 0.717) is 5.56 Å². The van der Waals surface area contributed by atoms with Gasteiger partial charge < -0.3 is 0 Å². The van der Waals surface area contributed by atoms with Crippen LogP contribution in [0.4, 0.5) is 0 Å². The van der Waals surface area contributed by atoms with Crippen LogP contribution in [0.3, 0.4) is 0 Å². The van der Waals surface area contributed by atoms with Crippen molar-refractivity contribution in [2.45, 2.75) is 5.25 Å². The van der Waals surface area contributed by atoms with E-state index in [1.54, 1.807) is 12.1 Å². The van der Waals surface area contributed by atoms with Gasteiger partial charge in [-0.25, -0.2) is 0 Å². The van der Waals surface area contributed by atoms with Crippen molar-refractivity contribution in [1.82, 2.24) is 4.31 Å². The van der Waals surface area contributed by atoms with Crippen molar-refractivity contribution in [2.24, 2.45) is 0 Å². The first-order valence-electron chi connectivity index (χ1n) is 4.46. The van der Waals surface area contributed by atoms with Gasteiger partial charge in [-0.15, -0.1) is 0 Å². The molecule has 3 nitrogen and oxygen atoms in total. The highest BCUT2D eigenvalue weighted by molar-refractivity contribution is 7.97. The maximum Gasteiger partial charge on any atom is 0.150 e. The highest BCUT2D eigenvalue weighted by atomic mass is 32.2. The summed E-state index contributed by atoms with van der Waals surface area (Å²) in [5.74, 6) is 0. The van der Waals surface area contributed by atoms with Crippen LogP contribution in [0.1, 0.15) is 21.2 Å². The highest BCUT2D eigenvalue weighted by Gasteiger charge is 2.12. The molecule has 0 saturated carbocycles. The van der Waals surface area contributed by atoms with Crippen molar-refractivity contribution in [3.8, 4) is 6.07 Å². The zero-order valence-corrected chi connectivity index (χ0v) is 9.49. The Morgan fingerprint density at radius 1 is 1.40 bits per heavy atom. The SMILES string of the molecule is CN(C)SC(C#N)c1ccc(C=O)cc1. The molecule has 0 fully saturated rings. The molecule has 0 N–H and O–H groups in total. The van der Waals surface area contributed by atoms with Crippen LogP contribution in [0.2, 0.25) is 0 Å². The molecule has 1 aromatic carbocycles. The molecular formula is C11H12N2OS. The third-order valence-corrected chi connectivity index (χ3v) is 2.82. The monoisotopic (exact) mass is 220 g/mol. The molecule has 4 heteroatoms. The van der Waals surface area contributed by atoms with Crippen LogP contribution in [-0.2, 0) is 0 Å². The molecule has 1 rings (SSSR count). The number of hydrogen-bond donors (Lipinski definition) is 0. The Kier molecular flexibility index (Phi) is 4.35. The second-order valence-corrected chi connectivity index (χ2v) is 4.62. The van der Waals surface area contributed by atoms with E-state index in [1.165, 1.54) is 11.9 Å². The van der Waals surface area contributed by atoms with Crippen LogP contribution in [0.5, 0.6) is 0 Å². The van der Waals surface area contributed by atoms with Gasteiger partial charge in [0.05, 0.1) is 6.07 Å². The van der Waals surface area contributed by atoms with Gasteiger partial charge in [-0.3, -0.25) is 9.10 Å². The lowest BCUT2D eigenvalue weighted by molar-refractivity contribution is 0.112. The lowest BCUT2D eigenvalue weighted by Crippen LogP contribution is -2.04. The van der Waals surface area contributed by atoms with Crippen LogP contribution in [-0.4, -0.2) is 24.7 Å². The normalized spacial score (nSPS) is 12.1. The number of benzene rings is 1. The maximum absolute atomic E-state index is 10.5. The number of carbonyl (C=O) groups is 1. The molecule has 0 radical (unpaired) electrons. The van der Waals surface area contributed by atoms with E-state index in [2.05, 4.69) is 6.07 Å². The summed E-state index contributed by atoms with van der Waals surface area (Å²) in [4.78, 5) is 10.5. The molecule has 0 heterocycles. The van der Waals surface area contributed by atoms with Crippen molar-refractivity contribution in [2.75, 3.05) is 14.1 Å². The number of carbonyl (C=O) groups excluding carboxylic acids is 1. The van der Waals surface area contributed by atoms with E-state index in [4.69, 9.17) is 5.26 Å². The molecule has 0 bridgehead atoms. The predicted octanol–water partition coefficient (Wildman–Crippen LogP) is 2.27. The van der Waals surface area contributed by atoms with E-state index < -0.39 is 0 Å². The van der Waals surface area contributed by atoms with E-state index in [9.17, 15) is 4.79 Å². The summed E-state index contributed by atoms with van der Waals surface area (Å²) in [6, 6.07) is 9.30. The summed E-state index contributed by atoms with van der Waals surface area (Å²) in [5, 5.41) is 8.77. The molecule has 1 atom stereocenters. The molecule has 0 aromatic heterocycles. The van der Waals surface area contributed by atoms with Crippen molar-refractivity contribution in [3.05, 3.63) is 35.4 Å². The quantitative estimate of drug-likeness (QED) is 0.576. The average molecular weight is 220 g/mol. The van der Waals surface area contributed by atoms with Gasteiger partial charge in [0.1, 0.15) is 11.5 Å². The standard InChI is InChI=1S/C11H12N2OS/c1-13(2)15-11(7-12)10-5-3-9(8-14)4-6-10/h3-6,8,11H,1-2H3. The Balaban J connectivity index is 2.84. The minimum absolute atomic E-state index is 0.222. The molecule has 15 heavy (non-hydrogen) atoms. The van der Waals surface area contributed by atoms with Gasteiger partial charge >= 0.3 is 0 Å². The first-order valence-corrected chi connectivity index (χ1v) is 5.30. The summed E-state index contributed by atoms with van der Waals surface area (Å²) < 4.78 is 1.89. The van der Waals surface area contributed by atoms with E-state index in [1.807, 2.05) is 30.5 Å². The Morgan fingerprint density at radius 2 is 2.00 bits per heavy atom. The lowest BCUT2D eigenvalue weighted by atomic mass is 10.1. The number of nitriles is 1. The first kappa shape index (κ1) is 11.8. The van der Waals surface area contributed by atoms with Crippen LogP contribution in [0.25, 0.3) is 0 Å². The van der Waals surface area contributed by atoms with E-state index >= 15 is 0 Å². The molecule has 1 unspecified atom stereocenters. The third-order valence-electron chi connectivity index (χ3n) is 1.81. The zero-order chi connectivity index (χ0) is 11.3. The largest absolute Gasteiger partial charge is 0.298 e. The highest BCUT2D eigenvalue weighted by Crippen LogP contribution is 2.28. The lowest BCUT2D eigenvalue weighted by Gasteiger charge is -2.13. The second kappa shape index (κ2) is 5.54. The minimum atomic E-state index is -0.222. The topological polar surface area (TPSA) is 44.1 Å². The summed E-state index contributed by atoms with van der Waals surface area (Å²) in [6.07, 6.45) is 0.796. The van der Waals surface area contributed by atoms with Gasteiger partial charge in [0.15, 0.2) is 0 Å². The van der Waals surface area contributed by atoms with E-state index in [0.717, 1.165) is 11.8 Å². The van der Waals surface area contributed by atoms with Gasteiger partial charge in [-0.2, -0.15) is 5.26 Å². The van der Waals surface area contributed by atoms with Crippen molar-refractivity contribution in [3.63, 3.8) is 0 Å². The Labute approximate surface area is 93.8 Å². The molecule has 0 aliphatic carbocycles. The van der Waals surface area contributed by atoms with Crippen LogP contribution >= 0.6 is 11.9 Å². The number of rotatable bonds is 4. The van der Waals surface area contributed by atoms with E-state index in [-0.39, 0.29) is 5.25 Å². The summed E-state index contributed by atoms with van der Waals surface area (Å²) in [6.45, 7) is 0. The summed E-state index contributed by atoms with van der Waals surface area (Å²) in [5.41, 5.74) is 1.55. The number of nitrogens with zero attached hydrogens (tertiary/aromatic N) is 2. The van der Waals surface area contributed by atoms with Gasteiger partial charge in [0.2, 0.25) is 0 Å². The van der Waals surface area contributed by atoms with Crippen molar-refractivity contribution < 1.29 is 4.79 Å². The number of aldehydes is 1. The molecule has 78 valence electrons. The molecule has 1 aromatic rings. The Hall–Kier alpha value is -1.31. The van der Waals surface area contributed by atoms with Crippen molar-refractivity contribution in [1.29, 1.82) is 5.26 Å².